The van der Waals surface area contributed by atoms with Gasteiger partial charge in [-0.25, -0.2) is 0 Å². The molecule has 0 atom stereocenters. The summed E-state index contributed by atoms with van der Waals surface area (Å²) in [4.78, 5) is 15.4. The summed E-state index contributed by atoms with van der Waals surface area (Å²) in [5.41, 5.74) is 2.22. The molecular weight excluding hydrogens is 386 g/mol. The summed E-state index contributed by atoms with van der Waals surface area (Å²) in [5.74, 6) is 1.14. The van der Waals surface area contributed by atoms with E-state index in [0.29, 0.717) is 45.5 Å². The van der Waals surface area contributed by atoms with E-state index in [4.69, 9.17) is 16.0 Å². The summed E-state index contributed by atoms with van der Waals surface area (Å²) in [6.45, 7) is 11.0. The summed E-state index contributed by atoms with van der Waals surface area (Å²) in [7, 11) is 0. The Labute approximate surface area is 176 Å². The van der Waals surface area contributed by atoms with Gasteiger partial charge in [-0.3, -0.25) is 9.69 Å². The standard InChI is InChI=1S/C24H28ClNO3/c1-15(2)11-26(12-16(3)4)13-20-22(27)10-9-19-23(28)21(14-29-24(19)20)17-5-7-18(25)8-6-17/h5-10,14-16,27H,11-13H2,1-4H3. The molecule has 0 bridgehead atoms. The fourth-order valence-electron chi connectivity index (χ4n) is 3.69. The fourth-order valence-corrected chi connectivity index (χ4v) is 3.81. The van der Waals surface area contributed by atoms with Crippen molar-refractivity contribution in [2.75, 3.05) is 13.1 Å². The van der Waals surface area contributed by atoms with Crippen LogP contribution in [0.4, 0.5) is 0 Å². The largest absolute Gasteiger partial charge is 0.507 e. The second kappa shape index (κ2) is 9.02. The number of phenolic OH excluding ortho intramolecular Hbond substituents is 1. The van der Waals surface area contributed by atoms with Gasteiger partial charge in [0, 0.05) is 24.7 Å². The minimum atomic E-state index is -0.117. The van der Waals surface area contributed by atoms with E-state index in [1.807, 2.05) is 0 Å². The molecule has 154 valence electrons. The number of fused-ring (bicyclic) bond motifs is 1. The lowest BCUT2D eigenvalue weighted by Crippen LogP contribution is -2.31. The highest BCUT2D eigenvalue weighted by Crippen LogP contribution is 2.30. The van der Waals surface area contributed by atoms with Crippen molar-refractivity contribution in [3.63, 3.8) is 0 Å². The Morgan fingerprint density at radius 1 is 1.00 bits per heavy atom. The molecule has 0 aliphatic carbocycles. The molecule has 1 N–H and O–H groups in total. The molecule has 3 rings (SSSR count). The number of aromatic hydroxyl groups is 1. The van der Waals surface area contributed by atoms with E-state index in [1.54, 1.807) is 36.4 Å². The molecule has 3 aromatic rings. The van der Waals surface area contributed by atoms with Gasteiger partial charge >= 0.3 is 0 Å². The van der Waals surface area contributed by atoms with Crippen molar-refractivity contribution in [3.05, 3.63) is 63.5 Å². The minimum absolute atomic E-state index is 0.117. The number of nitrogens with zero attached hydrogens (tertiary/aromatic N) is 1. The lowest BCUT2D eigenvalue weighted by atomic mass is 10.0. The second-order valence-corrected chi connectivity index (χ2v) is 8.84. The summed E-state index contributed by atoms with van der Waals surface area (Å²) in [6, 6.07) is 10.3. The molecule has 1 heterocycles. The van der Waals surface area contributed by atoms with Gasteiger partial charge in [0.2, 0.25) is 5.43 Å². The van der Waals surface area contributed by atoms with Crippen LogP contribution in [0.5, 0.6) is 5.75 Å². The highest BCUT2D eigenvalue weighted by Gasteiger charge is 2.19. The maximum Gasteiger partial charge on any atom is 0.200 e. The van der Waals surface area contributed by atoms with E-state index in [2.05, 4.69) is 32.6 Å². The quantitative estimate of drug-likeness (QED) is 0.521. The van der Waals surface area contributed by atoms with E-state index in [1.165, 1.54) is 6.26 Å². The molecule has 0 saturated carbocycles. The van der Waals surface area contributed by atoms with Crippen LogP contribution in [-0.4, -0.2) is 23.1 Å². The van der Waals surface area contributed by atoms with Gasteiger partial charge in [0.1, 0.15) is 17.6 Å². The Kier molecular flexibility index (Phi) is 6.66. The van der Waals surface area contributed by atoms with Gasteiger partial charge in [-0.15, -0.1) is 0 Å². The van der Waals surface area contributed by atoms with E-state index in [9.17, 15) is 9.90 Å². The van der Waals surface area contributed by atoms with Crippen LogP contribution in [0.3, 0.4) is 0 Å². The van der Waals surface area contributed by atoms with E-state index >= 15 is 0 Å². The average molecular weight is 414 g/mol. The van der Waals surface area contributed by atoms with Crippen molar-refractivity contribution < 1.29 is 9.52 Å². The molecule has 0 spiro atoms. The van der Waals surface area contributed by atoms with Crippen LogP contribution >= 0.6 is 11.6 Å². The first-order valence-electron chi connectivity index (χ1n) is 10.0. The molecule has 29 heavy (non-hydrogen) atoms. The molecule has 0 unspecified atom stereocenters. The normalized spacial score (nSPS) is 11.9. The number of hydrogen-bond acceptors (Lipinski definition) is 4. The molecule has 0 aliphatic rings. The number of benzene rings is 2. The molecule has 0 saturated heterocycles. The van der Waals surface area contributed by atoms with Crippen molar-refractivity contribution >= 4 is 22.6 Å². The van der Waals surface area contributed by atoms with Crippen LogP contribution < -0.4 is 5.43 Å². The van der Waals surface area contributed by atoms with E-state index in [-0.39, 0.29) is 11.2 Å². The highest BCUT2D eigenvalue weighted by molar-refractivity contribution is 6.30. The summed E-state index contributed by atoms with van der Waals surface area (Å²) >= 11 is 5.96. The molecule has 2 aromatic carbocycles. The third-order valence-corrected chi connectivity index (χ3v) is 5.06. The van der Waals surface area contributed by atoms with Gasteiger partial charge in [0.15, 0.2) is 0 Å². The molecule has 0 fully saturated rings. The molecular formula is C24H28ClNO3. The molecule has 4 nitrogen and oxygen atoms in total. The topological polar surface area (TPSA) is 53.7 Å². The molecule has 5 heteroatoms. The smallest absolute Gasteiger partial charge is 0.200 e. The van der Waals surface area contributed by atoms with Crippen molar-refractivity contribution in [2.45, 2.75) is 34.2 Å². The highest BCUT2D eigenvalue weighted by atomic mass is 35.5. The van der Waals surface area contributed by atoms with Gasteiger partial charge < -0.3 is 9.52 Å². The summed E-state index contributed by atoms with van der Waals surface area (Å²) in [5, 5.41) is 11.6. The van der Waals surface area contributed by atoms with Crippen LogP contribution in [0.2, 0.25) is 5.02 Å². The lowest BCUT2D eigenvalue weighted by molar-refractivity contribution is 0.209. The predicted octanol–water partition coefficient (Wildman–Crippen LogP) is 5.93. The maximum atomic E-state index is 13.1. The third-order valence-electron chi connectivity index (χ3n) is 4.80. The monoisotopic (exact) mass is 413 g/mol. The minimum Gasteiger partial charge on any atom is -0.507 e. The van der Waals surface area contributed by atoms with Gasteiger partial charge in [0.25, 0.3) is 0 Å². The number of halogens is 1. The van der Waals surface area contributed by atoms with E-state index in [0.717, 1.165) is 18.7 Å². The van der Waals surface area contributed by atoms with Crippen molar-refractivity contribution in [3.8, 4) is 16.9 Å². The van der Waals surface area contributed by atoms with Crippen molar-refractivity contribution in [1.82, 2.24) is 4.90 Å². The maximum absolute atomic E-state index is 13.1. The summed E-state index contributed by atoms with van der Waals surface area (Å²) < 4.78 is 5.91. The predicted molar refractivity (Wildman–Crippen MR) is 120 cm³/mol. The first-order chi connectivity index (χ1) is 13.8. The Balaban J connectivity index is 2.06. The van der Waals surface area contributed by atoms with Gasteiger partial charge in [-0.05, 0) is 41.7 Å². The molecule has 0 amide bonds. The Bertz CT molecular complexity index is 1030. The first-order valence-corrected chi connectivity index (χ1v) is 10.4. The van der Waals surface area contributed by atoms with Crippen LogP contribution in [0.15, 0.2) is 51.9 Å². The Morgan fingerprint density at radius 2 is 1.62 bits per heavy atom. The van der Waals surface area contributed by atoms with Gasteiger partial charge in [-0.1, -0.05) is 51.4 Å². The fraction of sp³-hybridized carbons (Fsp3) is 0.375. The van der Waals surface area contributed by atoms with Crippen molar-refractivity contribution in [2.24, 2.45) is 11.8 Å². The second-order valence-electron chi connectivity index (χ2n) is 8.41. The summed E-state index contributed by atoms with van der Waals surface area (Å²) in [6.07, 6.45) is 1.48. The van der Waals surface area contributed by atoms with Crippen LogP contribution in [0, 0.1) is 11.8 Å². The lowest BCUT2D eigenvalue weighted by Gasteiger charge is -2.26. The zero-order valence-corrected chi connectivity index (χ0v) is 18.2. The molecule has 0 radical (unpaired) electrons. The van der Waals surface area contributed by atoms with Gasteiger partial charge in [-0.2, -0.15) is 0 Å². The Hall–Kier alpha value is -2.30. The average Bonchev–Trinajstić information content (AvgIpc) is 2.64. The van der Waals surface area contributed by atoms with Gasteiger partial charge in [0.05, 0.1) is 16.5 Å². The Morgan fingerprint density at radius 3 is 2.21 bits per heavy atom. The molecule has 0 aliphatic heterocycles. The SMILES string of the molecule is CC(C)CN(Cc1c(O)ccc2c(=O)c(-c3ccc(Cl)cc3)coc12)CC(C)C. The number of hydrogen-bond donors (Lipinski definition) is 1. The third kappa shape index (κ3) is 5.01. The number of phenols is 1. The van der Waals surface area contributed by atoms with Crippen LogP contribution in [0.1, 0.15) is 33.3 Å². The van der Waals surface area contributed by atoms with Crippen LogP contribution in [0.25, 0.3) is 22.1 Å². The van der Waals surface area contributed by atoms with E-state index < -0.39 is 0 Å². The zero-order chi connectivity index (χ0) is 21.1. The van der Waals surface area contributed by atoms with Crippen molar-refractivity contribution in [1.29, 1.82) is 0 Å². The van der Waals surface area contributed by atoms with Crippen LogP contribution in [-0.2, 0) is 6.54 Å². The zero-order valence-electron chi connectivity index (χ0n) is 17.4. The molecule has 1 aromatic heterocycles. The first kappa shape index (κ1) is 21.4. The number of rotatable bonds is 7.